The molecule has 1 saturated heterocycles. The van der Waals surface area contributed by atoms with Gasteiger partial charge >= 0.3 is 0 Å². The molecule has 6 nitrogen and oxygen atoms in total. The van der Waals surface area contributed by atoms with Crippen LogP contribution in [0.1, 0.15) is 50.0 Å². The van der Waals surface area contributed by atoms with Crippen molar-refractivity contribution in [2.24, 2.45) is 0 Å². The van der Waals surface area contributed by atoms with Gasteiger partial charge in [0.15, 0.2) is 0 Å². The number of likely N-dealkylation sites (tertiary alicyclic amines) is 1. The van der Waals surface area contributed by atoms with Gasteiger partial charge in [-0.05, 0) is 38.8 Å². The van der Waals surface area contributed by atoms with Gasteiger partial charge in [0.2, 0.25) is 5.91 Å². The quantitative estimate of drug-likeness (QED) is 0.940. The summed E-state index contributed by atoms with van der Waals surface area (Å²) in [6.07, 6.45) is 6.24. The summed E-state index contributed by atoms with van der Waals surface area (Å²) in [5.74, 6) is 0.534. The molecule has 22 heavy (non-hydrogen) atoms. The number of amides is 1. The predicted octanol–water partition coefficient (Wildman–Crippen LogP) is 2.14. The van der Waals surface area contributed by atoms with E-state index in [1.807, 2.05) is 27.9 Å². The van der Waals surface area contributed by atoms with Gasteiger partial charge in [0, 0.05) is 43.1 Å². The lowest BCUT2D eigenvalue weighted by Crippen LogP contribution is -2.40. The van der Waals surface area contributed by atoms with Gasteiger partial charge in [-0.25, -0.2) is 0 Å². The Hall–Kier alpha value is -2.11. The zero-order valence-electron chi connectivity index (χ0n) is 13.2. The highest BCUT2D eigenvalue weighted by Gasteiger charge is 2.25. The summed E-state index contributed by atoms with van der Waals surface area (Å²) in [5, 5.41) is 11.5. The number of rotatable bonds is 4. The summed E-state index contributed by atoms with van der Waals surface area (Å²) in [4.78, 5) is 14.5. The van der Waals surface area contributed by atoms with Crippen molar-refractivity contribution in [3.63, 3.8) is 0 Å². The first-order chi connectivity index (χ1) is 10.6. The second-order valence-corrected chi connectivity index (χ2v) is 6.25. The molecule has 1 atom stereocenters. The molecule has 6 heteroatoms. The van der Waals surface area contributed by atoms with Gasteiger partial charge in [-0.15, -0.1) is 0 Å². The van der Waals surface area contributed by atoms with Gasteiger partial charge in [-0.1, -0.05) is 0 Å². The maximum absolute atomic E-state index is 12.5. The Morgan fingerprint density at radius 2 is 2.32 bits per heavy atom. The molecule has 2 aromatic heterocycles. The first kappa shape index (κ1) is 14.8. The first-order valence-corrected chi connectivity index (χ1v) is 7.94. The molecule has 0 aromatic carbocycles. The smallest absolute Gasteiger partial charge is 0.228 e. The zero-order chi connectivity index (χ0) is 15.5. The number of nitrogens with one attached hydrogen (secondary N) is 1. The fraction of sp³-hybridized carbons (Fsp3) is 0.562. The van der Waals surface area contributed by atoms with Crippen LogP contribution in [0.15, 0.2) is 24.5 Å². The van der Waals surface area contributed by atoms with Crippen molar-refractivity contribution < 1.29 is 4.79 Å². The molecule has 2 aromatic rings. The van der Waals surface area contributed by atoms with Crippen LogP contribution in [0.4, 0.5) is 0 Å². The molecule has 1 N–H and O–H groups in total. The summed E-state index contributed by atoms with van der Waals surface area (Å²) in [5.41, 5.74) is 1.98. The molecule has 0 saturated carbocycles. The number of piperidine rings is 1. The highest BCUT2D eigenvalue weighted by atomic mass is 16.2. The van der Waals surface area contributed by atoms with Crippen molar-refractivity contribution in [2.75, 3.05) is 13.1 Å². The number of nitrogens with zero attached hydrogens (tertiary/aromatic N) is 4. The van der Waals surface area contributed by atoms with Gasteiger partial charge in [-0.3, -0.25) is 14.6 Å². The molecule has 0 radical (unpaired) electrons. The number of aromatic amines is 1. The lowest BCUT2D eigenvalue weighted by atomic mass is 9.94. The van der Waals surface area contributed by atoms with Gasteiger partial charge < -0.3 is 4.90 Å². The monoisotopic (exact) mass is 301 g/mol. The number of H-pyrrole nitrogens is 1. The first-order valence-electron chi connectivity index (χ1n) is 7.94. The van der Waals surface area contributed by atoms with Gasteiger partial charge in [0.25, 0.3) is 0 Å². The van der Waals surface area contributed by atoms with E-state index >= 15 is 0 Å². The minimum Gasteiger partial charge on any atom is -0.342 e. The van der Waals surface area contributed by atoms with E-state index in [0.29, 0.717) is 18.4 Å². The van der Waals surface area contributed by atoms with Crippen LogP contribution < -0.4 is 0 Å². The Kier molecular flexibility index (Phi) is 4.27. The van der Waals surface area contributed by atoms with Crippen LogP contribution in [0.3, 0.4) is 0 Å². The van der Waals surface area contributed by atoms with Crippen molar-refractivity contribution in [1.82, 2.24) is 24.9 Å². The molecule has 1 aliphatic heterocycles. The van der Waals surface area contributed by atoms with E-state index in [2.05, 4.69) is 29.1 Å². The average molecular weight is 301 g/mol. The van der Waals surface area contributed by atoms with Crippen LogP contribution in [-0.2, 0) is 11.2 Å². The molecule has 1 amide bonds. The molecule has 0 spiro atoms. The van der Waals surface area contributed by atoms with Crippen LogP contribution in [0, 0.1) is 0 Å². The molecule has 1 aliphatic rings. The minimum atomic E-state index is 0.165. The normalized spacial score (nSPS) is 18.9. The second kappa shape index (κ2) is 6.34. The SMILES string of the molecule is CC(C)n1ccc(CC(=O)N2CCCC(c3ccn[nH]3)C2)n1. The summed E-state index contributed by atoms with van der Waals surface area (Å²) in [6, 6.07) is 4.26. The third-order valence-corrected chi connectivity index (χ3v) is 4.26. The average Bonchev–Trinajstić information content (AvgIpc) is 3.19. The Morgan fingerprint density at radius 3 is 3.00 bits per heavy atom. The molecule has 118 valence electrons. The van der Waals surface area contributed by atoms with Crippen LogP contribution in [0.5, 0.6) is 0 Å². The van der Waals surface area contributed by atoms with Crippen LogP contribution in [0.25, 0.3) is 0 Å². The van der Waals surface area contributed by atoms with Crippen molar-refractivity contribution in [3.05, 3.63) is 35.9 Å². The lowest BCUT2D eigenvalue weighted by molar-refractivity contribution is -0.131. The molecular formula is C16H23N5O. The van der Waals surface area contributed by atoms with Crippen LogP contribution in [0.2, 0.25) is 0 Å². The highest BCUT2D eigenvalue weighted by molar-refractivity contribution is 5.78. The number of carbonyl (C=O) groups excluding carboxylic acids is 1. The number of hydrogen-bond acceptors (Lipinski definition) is 3. The lowest BCUT2D eigenvalue weighted by Gasteiger charge is -2.32. The number of hydrogen-bond donors (Lipinski definition) is 1. The fourth-order valence-electron chi connectivity index (χ4n) is 2.98. The minimum absolute atomic E-state index is 0.165. The van der Waals surface area contributed by atoms with E-state index in [9.17, 15) is 4.79 Å². The van der Waals surface area contributed by atoms with Crippen molar-refractivity contribution >= 4 is 5.91 Å². The summed E-state index contributed by atoms with van der Waals surface area (Å²) in [7, 11) is 0. The van der Waals surface area contributed by atoms with Crippen LogP contribution in [-0.4, -0.2) is 43.9 Å². The van der Waals surface area contributed by atoms with Gasteiger partial charge in [0.05, 0.1) is 12.1 Å². The van der Waals surface area contributed by atoms with E-state index < -0.39 is 0 Å². The summed E-state index contributed by atoms with van der Waals surface area (Å²) < 4.78 is 1.90. The van der Waals surface area contributed by atoms with E-state index in [-0.39, 0.29) is 5.91 Å². The Bertz CT molecular complexity index is 616. The third kappa shape index (κ3) is 3.21. The van der Waals surface area contributed by atoms with Crippen molar-refractivity contribution in [3.8, 4) is 0 Å². The number of aromatic nitrogens is 4. The Morgan fingerprint density at radius 1 is 1.45 bits per heavy atom. The standard InChI is InChI=1S/C16H23N5O/c1-12(2)21-9-6-14(19-21)10-16(22)20-8-3-4-13(11-20)15-5-7-17-18-15/h5-7,9,12-13H,3-4,8,10-11H2,1-2H3,(H,17,18). The van der Waals surface area contributed by atoms with Crippen molar-refractivity contribution in [2.45, 2.75) is 45.1 Å². The maximum atomic E-state index is 12.5. The molecule has 1 unspecified atom stereocenters. The summed E-state index contributed by atoms with van der Waals surface area (Å²) >= 11 is 0. The molecule has 3 rings (SSSR count). The molecular weight excluding hydrogens is 278 g/mol. The highest BCUT2D eigenvalue weighted by Crippen LogP contribution is 2.25. The van der Waals surface area contributed by atoms with Crippen molar-refractivity contribution in [1.29, 1.82) is 0 Å². The van der Waals surface area contributed by atoms with E-state index in [4.69, 9.17) is 0 Å². The Balaban J connectivity index is 1.61. The molecule has 0 bridgehead atoms. The van der Waals surface area contributed by atoms with E-state index in [1.165, 1.54) is 0 Å². The van der Waals surface area contributed by atoms with Gasteiger partial charge in [0.1, 0.15) is 0 Å². The second-order valence-electron chi connectivity index (χ2n) is 6.25. The van der Waals surface area contributed by atoms with Gasteiger partial charge in [-0.2, -0.15) is 10.2 Å². The fourth-order valence-corrected chi connectivity index (χ4v) is 2.98. The van der Waals surface area contributed by atoms with E-state index in [0.717, 1.165) is 37.3 Å². The van der Waals surface area contributed by atoms with Crippen LogP contribution >= 0.6 is 0 Å². The summed E-state index contributed by atoms with van der Waals surface area (Å²) in [6.45, 7) is 5.77. The Labute approximate surface area is 130 Å². The molecule has 1 fully saturated rings. The largest absolute Gasteiger partial charge is 0.342 e. The molecule has 3 heterocycles. The topological polar surface area (TPSA) is 66.8 Å². The maximum Gasteiger partial charge on any atom is 0.228 e. The zero-order valence-corrected chi connectivity index (χ0v) is 13.2. The molecule has 0 aliphatic carbocycles. The number of carbonyl (C=O) groups is 1. The predicted molar refractivity (Wildman–Crippen MR) is 83.5 cm³/mol. The van der Waals surface area contributed by atoms with E-state index in [1.54, 1.807) is 6.20 Å². The third-order valence-electron chi connectivity index (χ3n) is 4.26.